The van der Waals surface area contributed by atoms with Crippen LogP contribution in [0, 0.1) is 5.92 Å². The number of aliphatic hydroxyl groups is 1. The first-order valence-corrected chi connectivity index (χ1v) is 7.70. The third-order valence-electron chi connectivity index (χ3n) is 3.02. The highest BCUT2D eigenvalue weighted by molar-refractivity contribution is 7.87. The van der Waals surface area contributed by atoms with Crippen molar-refractivity contribution >= 4 is 10.2 Å². The van der Waals surface area contributed by atoms with Crippen molar-refractivity contribution in [2.24, 2.45) is 5.92 Å². The number of ether oxygens (including phenoxy) is 1. The van der Waals surface area contributed by atoms with Gasteiger partial charge in [0.1, 0.15) is 0 Å². The van der Waals surface area contributed by atoms with Gasteiger partial charge in [-0.15, -0.1) is 0 Å². The SMILES string of the molecule is CC(C)CNS(=O)(=O)N(C)CC1(O)CCOCC1. The van der Waals surface area contributed by atoms with Crippen LogP contribution in [0.25, 0.3) is 0 Å². The van der Waals surface area contributed by atoms with E-state index in [4.69, 9.17) is 4.74 Å². The zero-order valence-electron chi connectivity index (χ0n) is 11.3. The molecule has 1 rings (SSSR count). The number of likely N-dealkylation sites (N-methyl/N-ethyl adjacent to an activating group) is 1. The highest BCUT2D eigenvalue weighted by atomic mass is 32.2. The van der Waals surface area contributed by atoms with Crippen LogP contribution in [-0.4, -0.2) is 56.8 Å². The van der Waals surface area contributed by atoms with Crippen molar-refractivity contribution in [2.75, 3.05) is 33.4 Å². The van der Waals surface area contributed by atoms with Crippen LogP contribution in [0.1, 0.15) is 26.7 Å². The molecule has 0 atom stereocenters. The van der Waals surface area contributed by atoms with Gasteiger partial charge in [-0.3, -0.25) is 0 Å². The fraction of sp³-hybridized carbons (Fsp3) is 1.00. The van der Waals surface area contributed by atoms with Crippen molar-refractivity contribution in [1.29, 1.82) is 0 Å². The predicted molar refractivity (Wildman–Crippen MR) is 69.4 cm³/mol. The van der Waals surface area contributed by atoms with Crippen LogP contribution in [0.3, 0.4) is 0 Å². The first-order chi connectivity index (χ1) is 8.25. The van der Waals surface area contributed by atoms with Gasteiger partial charge < -0.3 is 9.84 Å². The Morgan fingerprint density at radius 1 is 1.39 bits per heavy atom. The summed E-state index contributed by atoms with van der Waals surface area (Å²) in [5, 5.41) is 10.3. The molecule has 0 amide bonds. The molecule has 0 saturated carbocycles. The van der Waals surface area contributed by atoms with E-state index in [2.05, 4.69) is 4.72 Å². The molecule has 7 heteroatoms. The minimum Gasteiger partial charge on any atom is -0.388 e. The Morgan fingerprint density at radius 2 is 1.94 bits per heavy atom. The van der Waals surface area contributed by atoms with Crippen molar-refractivity contribution in [3.8, 4) is 0 Å². The third kappa shape index (κ3) is 4.81. The lowest BCUT2D eigenvalue weighted by Crippen LogP contribution is -2.50. The van der Waals surface area contributed by atoms with E-state index in [1.807, 2.05) is 13.8 Å². The number of nitrogens with one attached hydrogen (secondary N) is 1. The molecule has 0 radical (unpaired) electrons. The molecule has 1 saturated heterocycles. The van der Waals surface area contributed by atoms with E-state index in [0.29, 0.717) is 32.6 Å². The molecule has 0 aliphatic carbocycles. The van der Waals surface area contributed by atoms with E-state index in [1.165, 1.54) is 11.4 Å². The van der Waals surface area contributed by atoms with Gasteiger partial charge in [-0.2, -0.15) is 12.7 Å². The summed E-state index contributed by atoms with van der Waals surface area (Å²) in [6.45, 7) is 5.33. The molecule has 1 aliphatic rings. The van der Waals surface area contributed by atoms with Crippen molar-refractivity contribution in [2.45, 2.75) is 32.3 Å². The van der Waals surface area contributed by atoms with E-state index >= 15 is 0 Å². The number of rotatable bonds is 6. The standard InChI is InChI=1S/C11H24N2O4S/c1-10(2)8-12-18(15,16)13(3)9-11(14)4-6-17-7-5-11/h10,12,14H,4-9H2,1-3H3. The molecule has 0 unspecified atom stereocenters. The maximum atomic E-state index is 11.9. The Morgan fingerprint density at radius 3 is 2.44 bits per heavy atom. The second-order valence-corrected chi connectivity index (χ2v) is 7.20. The van der Waals surface area contributed by atoms with Gasteiger partial charge in [0.15, 0.2) is 0 Å². The van der Waals surface area contributed by atoms with Crippen LogP contribution in [0.15, 0.2) is 0 Å². The van der Waals surface area contributed by atoms with Crippen LogP contribution in [0.4, 0.5) is 0 Å². The number of hydrogen-bond acceptors (Lipinski definition) is 4. The van der Waals surface area contributed by atoms with Gasteiger partial charge in [0, 0.05) is 46.2 Å². The van der Waals surface area contributed by atoms with E-state index in [-0.39, 0.29) is 12.5 Å². The lowest BCUT2D eigenvalue weighted by molar-refractivity contribution is -0.0690. The van der Waals surface area contributed by atoms with Gasteiger partial charge in [-0.25, -0.2) is 4.72 Å². The molecular formula is C11H24N2O4S. The average Bonchev–Trinajstić information content (AvgIpc) is 2.27. The van der Waals surface area contributed by atoms with Gasteiger partial charge >= 0.3 is 0 Å². The summed E-state index contributed by atoms with van der Waals surface area (Å²) >= 11 is 0. The number of hydrogen-bond donors (Lipinski definition) is 2. The van der Waals surface area contributed by atoms with Gasteiger partial charge in [0.25, 0.3) is 10.2 Å². The van der Waals surface area contributed by atoms with Crippen LogP contribution in [0.5, 0.6) is 0 Å². The largest absolute Gasteiger partial charge is 0.388 e. The van der Waals surface area contributed by atoms with Crippen molar-refractivity contribution < 1.29 is 18.3 Å². The Kier molecular flexibility index (Phi) is 5.54. The molecule has 1 aliphatic heterocycles. The molecule has 0 aromatic heterocycles. The quantitative estimate of drug-likeness (QED) is 0.715. The Labute approximate surface area is 109 Å². The molecule has 0 bridgehead atoms. The normalized spacial score (nSPS) is 20.6. The maximum Gasteiger partial charge on any atom is 0.279 e. The van der Waals surface area contributed by atoms with Gasteiger partial charge in [0.05, 0.1) is 5.60 Å². The lowest BCUT2D eigenvalue weighted by Gasteiger charge is -2.35. The van der Waals surface area contributed by atoms with Crippen LogP contribution >= 0.6 is 0 Å². The molecule has 2 N–H and O–H groups in total. The van der Waals surface area contributed by atoms with Crippen molar-refractivity contribution in [1.82, 2.24) is 9.03 Å². The zero-order valence-corrected chi connectivity index (χ0v) is 12.2. The molecule has 0 aromatic rings. The van der Waals surface area contributed by atoms with Crippen molar-refractivity contribution in [3.63, 3.8) is 0 Å². The Bertz CT molecular complexity index is 350. The smallest absolute Gasteiger partial charge is 0.279 e. The summed E-state index contributed by atoms with van der Waals surface area (Å²) in [6, 6.07) is 0. The summed E-state index contributed by atoms with van der Waals surface area (Å²) in [4.78, 5) is 0. The topological polar surface area (TPSA) is 78.9 Å². The van der Waals surface area contributed by atoms with E-state index < -0.39 is 15.8 Å². The maximum absolute atomic E-state index is 11.9. The minimum absolute atomic E-state index is 0.101. The fourth-order valence-electron chi connectivity index (χ4n) is 1.79. The van der Waals surface area contributed by atoms with Gasteiger partial charge in [0.2, 0.25) is 0 Å². The zero-order chi connectivity index (χ0) is 13.8. The second kappa shape index (κ2) is 6.29. The fourth-order valence-corrected chi connectivity index (χ4v) is 2.97. The van der Waals surface area contributed by atoms with Crippen LogP contribution < -0.4 is 4.72 Å². The van der Waals surface area contributed by atoms with Gasteiger partial charge in [-0.05, 0) is 5.92 Å². The van der Waals surface area contributed by atoms with E-state index in [1.54, 1.807) is 0 Å². The summed E-state index contributed by atoms with van der Waals surface area (Å²) in [7, 11) is -2.03. The first kappa shape index (κ1) is 15.8. The summed E-state index contributed by atoms with van der Waals surface area (Å²) in [5.41, 5.74) is -0.973. The number of nitrogens with zero attached hydrogens (tertiary/aromatic N) is 1. The molecule has 108 valence electrons. The summed E-state index contributed by atoms with van der Waals surface area (Å²) < 4.78 is 32.7. The molecule has 18 heavy (non-hydrogen) atoms. The summed E-state index contributed by atoms with van der Waals surface area (Å²) in [6.07, 6.45) is 0.939. The van der Waals surface area contributed by atoms with Crippen LogP contribution in [-0.2, 0) is 14.9 Å². The third-order valence-corrected chi connectivity index (χ3v) is 4.51. The highest BCUT2D eigenvalue weighted by Gasteiger charge is 2.34. The molecule has 1 fully saturated rings. The molecular weight excluding hydrogens is 256 g/mol. The molecule has 0 spiro atoms. The van der Waals surface area contributed by atoms with Crippen molar-refractivity contribution in [3.05, 3.63) is 0 Å². The predicted octanol–water partition coefficient (Wildman–Crippen LogP) is -0.0499. The van der Waals surface area contributed by atoms with E-state index in [0.717, 1.165) is 0 Å². The minimum atomic E-state index is -3.51. The monoisotopic (exact) mass is 280 g/mol. The van der Waals surface area contributed by atoms with Crippen LogP contribution in [0.2, 0.25) is 0 Å². The first-order valence-electron chi connectivity index (χ1n) is 6.26. The van der Waals surface area contributed by atoms with Gasteiger partial charge in [-0.1, -0.05) is 13.8 Å². The molecule has 6 nitrogen and oxygen atoms in total. The Balaban J connectivity index is 2.55. The Hall–Kier alpha value is -0.210. The molecule has 0 aromatic carbocycles. The second-order valence-electron chi connectivity index (χ2n) is 5.34. The highest BCUT2D eigenvalue weighted by Crippen LogP contribution is 2.21. The van der Waals surface area contributed by atoms with E-state index in [9.17, 15) is 13.5 Å². The molecule has 1 heterocycles. The summed E-state index contributed by atoms with van der Waals surface area (Å²) in [5.74, 6) is 0.249. The lowest BCUT2D eigenvalue weighted by atomic mass is 9.95. The average molecular weight is 280 g/mol.